The summed E-state index contributed by atoms with van der Waals surface area (Å²) in [6, 6.07) is 0. The molecular weight excluding hydrogens is 186 g/mol. The maximum Gasteiger partial charge on any atom is 0.409 e. The summed E-state index contributed by atoms with van der Waals surface area (Å²) < 4.78 is 9.55. The molecule has 1 aliphatic rings. The Morgan fingerprint density at radius 1 is 1.64 bits per heavy atom. The number of hydrogen-bond donors (Lipinski definition) is 0. The van der Waals surface area contributed by atoms with E-state index in [0.29, 0.717) is 24.8 Å². The van der Waals surface area contributed by atoms with Gasteiger partial charge in [-0.3, -0.25) is 0 Å². The number of aromatic nitrogens is 2. The van der Waals surface area contributed by atoms with Crippen molar-refractivity contribution in [1.29, 1.82) is 0 Å². The van der Waals surface area contributed by atoms with E-state index >= 15 is 0 Å². The van der Waals surface area contributed by atoms with Crippen LogP contribution in [0.2, 0.25) is 0 Å². The topological polar surface area (TPSA) is 68.5 Å². The molecule has 1 fully saturated rings. The van der Waals surface area contributed by atoms with Crippen molar-refractivity contribution in [3.05, 3.63) is 11.7 Å². The van der Waals surface area contributed by atoms with E-state index in [1.165, 1.54) is 7.11 Å². The molecule has 0 N–H and O–H groups in total. The van der Waals surface area contributed by atoms with Gasteiger partial charge in [-0.05, 0) is 6.92 Å². The zero-order valence-electron chi connectivity index (χ0n) is 8.06. The molecule has 6 nitrogen and oxygen atoms in total. The van der Waals surface area contributed by atoms with Crippen molar-refractivity contribution in [3.8, 4) is 0 Å². The van der Waals surface area contributed by atoms with Crippen LogP contribution in [0.1, 0.15) is 17.6 Å². The van der Waals surface area contributed by atoms with Crippen molar-refractivity contribution in [3.63, 3.8) is 0 Å². The fourth-order valence-electron chi connectivity index (χ4n) is 1.39. The third kappa shape index (κ3) is 1.43. The highest BCUT2D eigenvalue weighted by Crippen LogP contribution is 2.25. The van der Waals surface area contributed by atoms with Crippen LogP contribution in [-0.2, 0) is 4.74 Å². The van der Waals surface area contributed by atoms with Crippen LogP contribution in [0.15, 0.2) is 4.52 Å². The summed E-state index contributed by atoms with van der Waals surface area (Å²) in [5, 5.41) is 3.69. The van der Waals surface area contributed by atoms with E-state index in [2.05, 4.69) is 14.9 Å². The van der Waals surface area contributed by atoms with Crippen molar-refractivity contribution in [2.75, 3.05) is 20.2 Å². The first-order valence-corrected chi connectivity index (χ1v) is 4.34. The number of methoxy groups -OCH3 is 1. The van der Waals surface area contributed by atoms with Crippen LogP contribution in [0.5, 0.6) is 0 Å². The van der Waals surface area contributed by atoms with Gasteiger partial charge in [-0.25, -0.2) is 4.79 Å². The van der Waals surface area contributed by atoms with Gasteiger partial charge >= 0.3 is 6.09 Å². The molecule has 1 aromatic rings. The van der Waals surface area contributed by atoms with Gasteiger partial charge < -0.3 is 14.2 Å². The SMILES string of the molecule is COC(=O)N1CC(c2nc(C)no2)C1. The Balaban J connectivity index is 1.92. The highest BCUT2D eigenvalue weighted by molar-refractivity contribution is 5.68. The monoisotopic (exact) mass is 197 g/mol. The van der Waals surface area contributed by atoms with Crippen LogP contribution in [-0.4, -0.2) is 41.3 Å². The minimum absolute atomic E-state index is 0.162. The zero-order chi connectivity index (χ0) is 10.1. The molecular formula is C8H11N3O3. The van der Waals surface area contributed by atoms with Gasteiger partial charge in [0.25, 0.3) is 0 Å². The highest BCUT2D eigenvalue weighted by atomic mass is 16.5. The number of carbonyl (C=O) groups excluding carboxylic acids is 1. The fraction of sp³-hybridized carbons (Fsp3) is 0.625. The van der Waals surface area contributed by atoms with Gasteiger partial charge in [-0.2, -0.15) is 4.98 Å². The number of carbonyl (C=O) groups is 1. The summed E-state index contributed by atoms with van der Waals surface area (Å²) in [5.41, 5.74) is 0. The van der Waals surface area contributed by atoms with E-state index in [4.69, 9.17) is 4.52 Å². The van der Waals surface area contributed by atoms with E-state index in [9.17, 15) is 4.79 Å². The second-order valence-corrected chi connectivity index (χ2v) is 3.25. The van der Waals surface area contributed by atoms with Gasteiger partial charge in [0, 0.05) is 13.1 Å². The fourth-order valence-corrected chi connectivity index (χ4v) is 1.39. The second kappa shape index (κ2) is 3.28. The number of ether oxygens (including phenoxy) is 1. The molecule has 0 spiro atoms. The summed E-state index contributed by atoms with van der Waals surface area (Å²) in [7, 11) is 1.37. The van der Waals surface area contributed by atoms with Crippen molar-refractivity contribution < 1.29 is 14.1 Å². The predicted molar refractivity (Wildman–Crippen MR) is 45.8 cm³/mol. The molecule has 0 aliphatic carbocycles. The molecule has 0 saturated carbocycles. The number of nitrogens with zero attached hydrogens (tertiary/aromatic N) is 3. The van der Waals surface area contributed by atoms with Crippen LogP contribution in [0, 0.1) is 6.92 Å². The Kier molecular flexibility index (Phi) is 2.11. The molecule has 2 heterocycles. The molecule has 1 saturated heterocycles. The van der Waals surface area contributed by atoms with Crippen LogP contribution in [0.25, 0.3) is 0 Å². The first kappa shape index (κ1) is 8.98. The number of aryl methyl sites for hydroxylation is 1. The Labute approximate surface area is 80.8 Å². The molecule has 1 amide bonds. The van der Waals surface area contributed by atoms with Crippen molar-refractivity contribution in [1.82, 2.24) is 15.0 Å². The summed E-state index contributed by atoms with van der Waals surface area (Å²) in [6.45, 7) is 2.95. The third-order valence-corrected chi connectivity index (χ3v) is 2.21. The van der Waals surface area contributed by atoms with Crippen molar-refractivity contribution >= 4 is 6.09 Å². The van der Waals surface area contributed by atoms with Crippen LogP contribution < -0.4 is 0 Å². The summed E-state index contributed by atoms with van der Waals surface area (Å²) >= 11 is 0. The van der Waals surface area contributed by atoms with Gasteiger partial charge in [0.15, 0.2) is 5.82 Å². The minimum Gasteiger partial charge on any atom is -0.453 e. The number of hydrogen-bond acceptors (Lipinski definition) is 5. The van der Waals surface area contributed by atoms with Gasteiger partial charge in [0.05, 0.1) is 13.0 Å². The molecule has 0 bridgehead atoms. The summed E-state index contributed by atoms with van der Waals surface area (Å²) in [6.07, 6.45) is -0.308. The van der Waals surface area contributed by atoms with E-state index < -0.39 is 0 Å². The Morgan fingerprint density at radius 3 is 2.86 bits per heavy atom. The maximum absolute atomic E-state index is 11.0. The molecule has 6 heteroatoms. The van der Waals surface area contributed by atoms with Crippen molar-refractivity contribution in [2.45, 2.75) is 12.8 Å². The highest BCUT2D eigenvalue weighted by Gasteiger charge is 2.35. The Bertz CT molecular complexity index is 343. The normalized spacial score (nSPS) is 16.6. The number of amides is 1. The predicted octanol–water partition coefficient (Wildman–Crippen LogP) is 0.544. The Morgan fingerprint density at radius 2 is 2.36 bits per heavy atom. The summed E-state index contributed by atoms with van der Waals surface area (Å²) in [4.78, 5) is 16.7. The lowest BCUT2D eigenvalue weighted by Crippen LogP contribution is -2.48. The number of rotatable bonds is 1. The van der Waals surface area contributed by atoms with E-state index in [1.54, 1.807) is 11.8 Å². The van der Waals surface area contributed by atoms with Crippen LogP contribution >= 0.6 is 0 Å². The average Bonchev–Trinajstić information content (AvgIpc) is 2.49. The van der Waals surface area contributed by atoms with Crippen LogP contribution in [0.4, 0.5) is 4.79 Å². The standard InChI is InChI=1S/C8H11N3O3/c1-5-9-7(14-10-5)6-3-11(4-6)8(12)13-2/h6H,3-4H2,1-2H3. The molecule has 14 heavy (non-hydrogen) atoms. The minimum atomic E-state index is -0.308. The van der Waals surface area contributed by atoms with Crippen LogP contribution in [0.3, 0.4) is 0 Å². The Hall–Kier alpha value is -1.59. The smallest absolute Gasteiger partial charge is 0.409 e. The second-order valence-electron chi connectivity index (χ2n) is 3.25. The quantitative estimate of drug-likeness (QED) is 0.657. The van der Waals surface area contributed by atoms with Crippen molar-refractivity contribution in [2.24, 2.45) is 0 Å². The molecule has 76 valence electrons. The molecule has 1 aromatic heterocycles. The lowest BCUT2D eigenvalue weighted by atomic mass is 10.0. The first-order valence-electron chi connectivity index (χ1n) is 4.34. The maximum atomic E-state index is 11.0. The molecule has 1 aliphatic heterocycles. The van der Waals surface area contributed by atoms with Gasteiger partial charge in [0.2, 0.25) is 5.89 Å². The summed E-state index contributed by atoms with van der Waals surface area (Å²) in [5.74, 6) is 1.38. The van der Waals surface area contributed by atoms with Gasteiger partial charge in [-0.15, -0.1) is 0 Å². The van der Waals surface area contributed by atoms with E-state index in [1.807, 2.05) is 0 Å². The van der Waals surface area contributed by atoms with E-state index in [-0.39, 0.29) is 12.0 Å². The average molecular weight is 197 g/mol. The molecule has 2 rings (SSSR count). The first-order chi connectivity index (χ1) is 6.70. The zero-order valence-corrected chi connectivity index (χ0v) is 8.06. The van der Waals surface area contributed by atoms with E-state index in [0.717, 1.165) is 0 Å². The molecule has 0 unspecified atom stereocenters. The van der Waals surface area contributed by atoms with Gasteiger partial charge in [-0.1, -0.05) is 5.16 Å². The largest absolute Gasteiger partial charge is 0.453 e. The molecule has 0 atom stereocenters. The lowest BCUT2D eigenvalue weighted by Gasteiger charge is -2.35. The molecule has 0 radical (unpaired) electrons. The molecule has 0 aromatic carbocycles. The van der Waals surface area contributed by atoms with Gasteiger partial charge in [0.1, 0.15) is 0 Å². The number of likely N-dealkylation sites (tertiary alicyclic amines) is 1. The lowest BCUT2D eigenvalue weighted by molar-refractivity contribution is 0.0804. The third-order valence-electron chi connectivity index (χ3n) is 2.21.